The average Bonchev–Trinajstić information content (AvgIpc) is 2.78. The molecule has 6 nitrogen and oxygen atoms in total. The molecule has 2 saturated heterocycles. The maximum Gasteiger partial charge on any atom is 0.410 e. The van der Waals surface area contributed by atoms with Gasteiger partial charge in [-0.05, 0) is 83.9 Å². The van der Waals surface area contributed by atoms with Crippen molar-refractivity contribution in [2.45, 2.75) is 71.4 Å². The highest BCUT2D eigenvalue weighted by Gasteiger charge is 2.40. The summed E-state index contributed by atoms with van der Waals surface area (Å²) in [6.45, 7) is 17.6. The molecular weight excluding hydrogens is 400 g/mol. The number of benzene rings is 1. The van der Waals surface area contributed by atoms with E-state index in [1.807, 2.05) is 25.7 Å². The van der Waals surface area contributed by atoms with Crippen LogP contribution in [0.2, 0.25) is 0 Å². The minimum Gasteiger partial charge on any atom is -0.444 e. The lowest BCUT2D eigenvalue weighted by molar-refractivity contribution is -0.00186. The first-order valence-corrected chi connectivity index (χ1v) is 12.5. The summed E-state index contributed by atoms with van der Waals surface area (Å²) >= 11 is 0. The third kappa shape index (κ3) is 5.00. The van der Waals surface area contributed by atoms with E-state index in [1.165, 1.54) is 29.8 Å². The van der Waals surface area contributed by atoms with Gasteiger partial charge in [-0.1, -0.05) is 6.07 Å². The maximum absolute atomic E-state index is 12.4. The fourth-order valence-corrected chi connectivity index (χ4v) is 5.66. The van der Waals surface area contributed by atoms with Gasteiger partial charge in [0.1, 0.15) is 5.60 Å². The van der Waals surface area contributed by atoms with Gasteiger partial charge in [0.05, 0.1) is 0 Å². The fraction of sp³-hybridized carbons (Fsp3) is 0.731. The van der Waals surface area contributed by atoms with Crippen molar-refractivity contribution in [3.05, 3.63) is 23.8 Å². The van der Waals surface area contributed by atoms with E-state index in [0.29, 0.717) is 5.92 Å². The minimum absolute atomic E-state index is 0.143. The van der Waals surface area contributed by atoms with Crippen molar-refractivity contribution in [1.82, 2.24) is 9.80 Å². The van der Waals surface area contributed by atoms with Crippen LogP contribution in [0, 0.1) is 5.92 Å². The average molecular weight is 443 g/mol. The van der Waals surface area contributed by atoms with E-state index in [1.54, 1.807) is 0 Å². The first kappa shape index (κ1) is 23.2. The second-order valence-corrected chi connectivity index (χ2v) is 11.2. The second kappa shape index (κ2) is 9.12. The van der Waals surface area contributed by atoms with Crippen LogP contribution in [0.1, 0.15) is 59.4 Å². The number of piperidine rings is 1. The van der Waals surface area contributed by atoms with Gasteiger partial charge in [-0.2, -0.15) is 0 Å². The van der Waals surface area contributed by atoms with E-state index in [4.69, 9.17) is 4.74 Å². The van der Waals surface area contributed by atoms with Crippen LogP contribution < -0.4 is 10.2 Å². The lowest BCUT2D eigenvalue weighted by atomic mass is 9.78. The first-order chi connectivity index (χ1) is 15.1. The Morgan fingerprint density at radius 3 is 2.34 bits per heavy atom. The van der Waals surface area contributed by atoms with Crippen LogP contribution >= 0.6 is 0 Å². The van der Waals surface area contributed by atoms with Crippen LogP contribution in [-0.2, 0) is 11.2 Å². The monoisotopic (exact) mass is 442 g/mol. The van der Waals surface area contributed by atoms with Gasteiger partial charge in [-0.25, -0.2) is 4.79 Å². The van der Waals surface area contributed by atoms with Gasteiger partial charge in [0.15, 0.2) is 0 Å². The molecule has 3 aliphatic heterocycles. The molecule has 1 aromatic rings. The standard InChI is InChI=1S/C26H42N4O2/c1-25(2,3)32-24(31)29-14-11-20(12-15-29)26(4,5)30-18-16-28(17-19-30)23-10-6-9-22-21(23)8-7-13-27-22/h6,9-10,20,27H,7-8,11-19H2,1-5H3. The Morgan fingerprint density at radius 1 is 1.00 bits per heavy atom. The molecule has 2 fully saturated rings. The molecule has 3 heterocycles. The van der Waals surface area contributed by atoms with Crippen molar-refractivity contribution in [3.63, 3.8) is 0 Å². The molecule has 0 spiro atoms. The summed E-state index contributed by atoms with van der Waals surface area (Å²) in [6, 6.07) is 6.72. The van der Waals surface area contributed by atoms with Crippen molar-refractivity contribution in [2.24, 2.45) is 5.92 Å². The third-order valence-electron chi connectivity index (χ3n) is 7.65. The third-order valence-corrected chi connectivity index (χ3v) is 7.65. The van der Waals surface area contributed by atoms with E-state index in [2.05, 4.69) is 47.2 Å². The zero-order valence-electron chi connectivity index (χ0n) is 20.7. The number of likely N-dealkylation sites (tertiary alicyclic amines) is 1. The highest BCUT2D eigenvalue weighted by atomic mass is 16.6. The van der Waals surface area contributed by atoms with Gasteiger partial charge in [-0.3, -0.25) is 4.90 Å². The number of carbonyl (C=O) groups is 1. The second-order valence-electron chi connectivity index (χ2n) is 11.2. The smallest absolute Gasteiger partial charge is 0.410 e. The number of hydrogen-bond donors (Lipinski definition) is 1. The molecule has 0 radical (unpaired) electrons. The number of rotatable bonds is 3. The van der Waals surface area contributed by atoms with Crippen LogP contribution in [0.4, 0.5) is 16.2 Å². The summed E-state index contributed by atoms with van der Waals surface area (Å²) in [4.78, 5) is 19.6. The number of amides is 1. The van der Waals surface area contributed by atoms with Crippen LogP contribution in [0.15, 0.2) is 18.2 Å². The van der Waals surface area contributed by atoms with E-state index >= 15 is 0 Å². The molecule has 4 rings (SSSR count). The number of fused-ring (bicyclic) bond motifs is 1. The largest absolute Gasteiger partial charge is 0.444 e. The zero-order chi connectivity index (χ0) is 22.9. The molecule has 3 aliphatic rings. The number of piperazine rings is 1. The summed E-state index contributed by atoms with van der Waals surface area (Å²) in [7, 11) is 0. The van der Waals surface area contributed by atoms with E-state index in [0.717, 1.165) is 58.7 Å². The molecule has 0 atom stereocenters. The van der Waals surface area contributed by atoms with Gasteiger partial charge in [0.2, 0.25) is 0 Å². The van der Waals surface area contributed by atoms with Gasteiger partial charge in [0.25, 0.3) is 0 Å². The van der Waals surface area contributed by atoms with Gasteiger partial charge in [-0.15, -0.1) is 0 Å². The van der Waals surface area contributed by atoms with Gasteiger partial charge >= 0.3 is 6.09 Å². The van der Waals surface area contributed by atoms with Crippen LogP contribution in [0.5, 0.6) is 0 Å². The number of nitrogens with zero attached hydrogens (tertiary/aromatic N) is 3. The molecule has 0 bridgehead atoms. The zero-order valence-corrected chi connectivity index (χ0v) is 20.7. The van der Waals surface area contributed by atoms with Crippen LogP contribution in [0.25, 0.3) is 0 Å². The fourth-order valence-electron chi connectivity index (χ4n) is 5.66. The first-order valence-electron chi connectivity index (χ1n) is 12.5. The van der Waals surface area contributed by atoms with Gasteiger partial charge < -0.3 is 19.9 Å². The van der Waals surface area contributed by atoms with Crippen molar-refractivity contribution >= 4 is 17.5 Å². The molecule has 0 aliphatic carbocycles. The summed E-state index contributed by atoms with van der Waals surface area (Å²) in [5, 5.41) is 3.57. The Kier molecular flexibility index (Phi) is 6.62. The highest BCUT2D eigenvalue weighted by Crippen LogP contribution is 2.36. The minimum atomic E-state index is -0.430. The molecule has 1 N–H and O–H groups in total. The Labute approximate surface area is 194 Å². The number of carbonyl (C=O) groups excluding carboxylic acids is 1. The number of hydrogen-bond acceptors (Lipinski definition) is 5. The predicted octanol–water partition coefficient (Wildman–Crippen LogP) is 4.59. The van der Waals surface area contributed by atoms with E-state index in [-0.39, 0.29) is 11.6 Å². The van der Waals surface area contributed by atoms with Crippen molar-refractivity contribution in [1.29, 1.82) is 0 Å². The van der Waals surface area contributed by atoms with Crippen LogP contribution in [0.3, 0.4) is 0 Å². The van der Waals surface area contributed by atoms with Crippen molar-refractivity contribution < 1.29 is 9.53 Å². The van der Waals surface area contributed by atoms with Gasteiger partial charge in [0, 0.05) is 62.7 Å². The molecule has 0 aromatic heterocycles. The van der Waals surface area contributed by atoms with Crippen molar-refractivity contribution in [2.75, 3.05) is 56.0 Å². The SMILES string of the molecule is CC(C)(C)OC(=O)N1CCC(C(C)(C)N2CCN(c3cccc4c3CCCN4)CC2)CC1. The number of ether oxygens (including phenoxy) is 1. The van der Waals surface area contributed by atoms with Crippen LogP contribution in [-0.4, -0.2) is 72.8 Å². The van der Waals surface area contributed by atoms with E-state index < -0.39 is 5.60 Å². The lowest BCUT2D eigenvalue weighted by Crippen LogP contribution is -2.59. The topological polar surface area (TPSA) is 48.1 Å². The molecule has 0 saturated carbocycles. The Balaban J connectivity index is 1.32. The van der Waals surface area contributed by atoms with Crippen molar-refractivity contribution in [3.8, 4) is 0 Å². The predicted molar refractivity (Wildman–Crippen MR) is 132 cm³/mol. The Bertz CT molecular complexity index is 801. The summed E-state index contributed by atoms with van der Waals surface area (Å²) < 4.78 is 5.57. The molecular formula is C26H42N4O2. The molecule has 6 heteroatoms. The number of anilines is 2. The van der Waals surface area contributed by atoms with E-state index in [9.17, 15) is 4.79 Å². The summed E-state index contributed by atoms with van der Waals surface area (Å²) in [5.74, 6) is 0.599. The highest BCUT2D eigenvalue weighted by molar-refractivity contribution is 5.68. The summed E-state index contributed by atoms with van der Waals surface area (Å²) in [6.07, 6.45) is 4.33. The number of nitrogens with one attached hydrogen (secondary N) is 1. The lowest BCUT2D eigenvalue weighted by Gasteiger charge is -2.50. The molecule has 178 valence electrons. The maximum atomic E-state index is 12.4. The molecule has 32 heavy (non-hydrogen) atoms. The molecule has 1 amide bonds. The Morgan fingerprint density at radius 2 is 1.69 bits per heavy atom. The Hall–Kier alpha value is -1.95. The normalized spacial score (nSPS) is 21.2. The molecule has 0 unspecified atom stereocenters. The summed E-state index contributed by atoms with van der Waals surface area (Å²) in [5.41, 5.74) is 3.97. The molecule has 1 aromatic carbocycles. The quantitative estimate of drug-likeness (QED) is 0.742.